The SMILES string of the molecule is CCOC1CCN(C(=O)c2ccc(NN)nc2)CC1. The van der Waals surface area contributed by atoms with Gasteiger partial charge in [0, 0.05) is 25.9 Å². The number of pyridine rings is 1. The van der Waals surface area contributed by atoms with Gasteiger partial charge in [-0.2, -0.15) is 0 Å². The zero-order chi connectivity index (χ0) is 13.7. The van der Waals surface area contributed by atoms with Gasteiger partial charge >= 0.3 is 0 Å². The van der Waals surface area contributed by atoms with Gasteiger partial charge in [0.1, 0.15) is 5.82 Å². The number of carbonyl (C=O) groups is 1. The number of nitrogen functional groups attached to an aromatic ring is 1. The first kappa shape index (κ1) is 13.8. The van der Waals surface area contributed by atoms with Crippen molar-refractivity contribution in [3.05, 3.63) is 23.9 Å². The molecule has 1 aromatic rings. The first-order valence-electron chi connectivity index (χ1n) is 6.58. The van der Waals surface area contributed by atoms with E-state index in [9.17, 15) is 4.79 Å². The van der Waals surface area contributed by atoms with E-state index in [4.69, 9.17) is 10.6 Å². The highest BCUT2D eigenvalue weighted by molar-refractivity contribution is 5.94. The van der Waals surface area contributed by atoms with Crippen molar-refractivity contribution in [1.29, 1.82) is 0 Å². The summed E-state index contributed by atoms with van der Waals surface area (Å²) < 4.78 is 5.57. The molecule has 1 aromatic heterocycles. The fraction of sp³-hybridized carbons (Fsp3) is 0.538. The summed E-state index contributed by atoms with van der Waals surface area (Å²) in [6.07, 6.45) is 3.63. The second-order valence-corrected chi connectivity index (χ2v) is 4.52. The van der Waals surface area contributed by atoms with Gasteiger partial charge in [0.05, 0.1) is 11.7 Å². The van der Waals surface area contributed by atoms with Crippen LogP contribution in [0.25, 0.3) is 0 Å². The number of ether oxygens (including phenoxy) is 1. The predicted molar refractivity (Wildman–Crippen MR) is 72.6 cm³/mol. The number of nitrogens with one attached hydrogen (secondary N) is 1. The van der Waals surface area contributed by atoms with Crippen LogP contribution in [0.15, 0.2) is 18.3 Å². The molecule has 0 unspecified atom stereocenters. The molecule has 1 aliphatic rings. The summed E-state index contributed by atoms with van der Waals surface area (Å²) in [5, 5.41) is 0. The number of hydrogen-bond donors (Lipinski definition) is 2. The van der Waals surface area contributed by atoms with E-state index in [1.165, 1.54) is 0 Å². The van der Waals surface area contributed by atoms with Crippen LogP contribution in [0.3, 0.4) is 0 Å². The molecule has 0 aliphatic carbocycles. The lowest BCUT2D eigenvalue weighted by molar-refractivity contribution is 0.0146. The molecule has 2 heterocycles. The number of likely N-dealkylation sites (tertiary alicyclic amines) is 1. The highest BCUT2D eigenvalue weighted by Crippen LogP contribution is 2.16. The Kier molecular flexibility index (Phi) is 4.70. The standard InChI is InChI=1S/C13H20N4O2/c1-2-19-11-5-7-17(8-6-11)13(18)10-3-4-12(16-14)15-9-10/h3-4,9,11H,2,5-8,14H2,1H3,(H,15,16). The summed E-state index contributed by atoms with van der Waals surface area (Å²) >= 11 is 0. The molecular formula is C13H20N4O2. The lowest BCUT2D eigenvalue weighted by Crippen LogP contribution is -2.40. The van der Waals surface area contributed by atoms with Gasteiger partial charge in [0.2, 0.25) is 0 Å². The van der Waals surface area contributed by atoms with Crippen molar-refractivity contribution in [1.82, 2.24) is 9.88 Å². The molecule has 6 heteroatoms. The van der Waals surface area contributed by atoms with Crippen molar-refractivity contribution in [2.75, 3.05) is 25.1 Å². The molecule has 0 bridgehead atoms. The van der Waals surface area contributed by atoms with Gasteiger partial charge in [-0.05, 0) is 31.9 Å². The summed E-state index contributed by atoms with van der Waals surface area (Å²) in [6.45, 7) is 4.20. The molecule has 1 aliphatic heterocycles. The number of aromatic nitrogens is 1. The van der Waals surface area contributed by atoms with E-state index in [-0.39, 0.29) is 12.0 Å². The van der Waals surface area contributed by atoms with Crippen molar-refractivity contribution in [3.63, 3.8) is 0 Å². The Morgan fingerprint density at radius 3 is 2.79 bits per heavy atom. The zero-order valence-electron chi connectivity index (χ0n) is 11.1. The van der Waals surface area contributed by atoms with Gasteiger partial charge in [0.25, 0.3) is 5.91 Å². The minimum atomic E-state index is 0.0195. The Morgan fingerprint density at radius 2 is 2.26 bits per heavy atom. The fourth-order valence-electron chi connectivity index (χ4n) is 2.25. The number of piperidine rings is 1. The maximum atomic E-state index is 12.3. The van der Waals surface area contributed by atoms with E-state index in [1.807, 2.05) is 11.8 Å². The Labute approximate surface area is 112 Å². The van der Waals surface area contributed by atoms with Gasteiger partial charge in [-0.25, -0.2) is 10.8 Å². The summed E-state index contributed by atoms with van der Waals surface area (Å²) in [5.74, 6) is 5.81. The van der Waals surface area contributed by atoms with E-state index in [1.54, 1.807) is 18.3 Å². The maximum Gasteiger partial charge on any atom is 0.255 e. The number of rotatable bonds is 4. The average molecular weight is 264 g/mol. The van der Waals surface area contributed by atoms with Gasteiger partial charge in [0.15, 0.2) is 0 Å². The fourth-order valence-corrected chi connectivity index (χ4v) is 2.25. The van der Waals surface area contributed by atoms with Crippen LogP contribution in [0, 0.1) is 0 Å². The zero-order valence-corrected chi connectivity index (χ0v) is 11.1. The highest BCUT2D eigenvalue weighted by Gasteiger charge is 2.23. The topological polar surface area (TPSA) is 80.5 Å². The quantitative estimate of drug-likeness (QED) is 0.626. The third-order valence-electron chi connectivity index (χ3n) is 3.29. The molecular weight excluding hydrogens is 244 g/mol. The Hall–Kier alpha value is -1.66. The average Bonchev–Trinajstić information content (AvgIpc) is 2.48. The van der Waals surface area contributed by atoms with E-state index in [0.29, 0.717) is 11.4 Å². The molecule has 19 heavy (non-hydrogen) atoms. The summed E-state index contributed by atoms with van der Waals surface area (Å²) in [5.41, 5.74) is 3.03. The van der Waals surface area contributed by atoms with Gasteiger partial charge in [-0.15, -0.1) is 0 Å². The third kappa shape index (κ3) is 3.42. The molecule has 1 amide bonds. The lowest BCUT2D eigenvalue weighted by atomic mass is 10.1. The van der Waals surface area contributed by atoms with Crippen LogP contribution in [0.1, 0.15) is 30.1 Å². The number of anilines is 1. The molecule has 6 nitrogen and oxygen atoms in total. The van der Waals surface area contributed by atoms with Crippen LogP contribution in [-0.2, 0) is 4.74 Å². The van der Waals surface area contributed by atoms with Gasteiger partial charge in [-0.1, -0.05) is 0 Å². The van der Waals surface area contributed by atoms with Crippen molar-refractivity contribution in [2.45, 2.75) is 25.9 Å². The molecule has 0 aromatic carbocycles. The van der Waals surface area contributed by atoms with E-state index in [2.05, 4.69) is 10.4 Å². The third-order valence-corrected chi connectivity index (χ3v) is 3.29. The van der Waals surface area contributed by atoms with E-state index >= 15 is 0 Å². The summed E-state index contributed by atoms with van der Waals surface area (Å²) in [7, 11) is 0. The van der Waals surface area contributed by atoms with Crippen molar-refractivity contribution >= 4 is 11.7 Å². The predicted octanol–water partition coefficient (Wildman–Crippen LogP) is 1.01. The monoisotopic (exact) mass is 264 g/mol. The number of hydrogen-bond acceptors (Lipinski definition) is 5. The maximum absolute atomic E-state index is 12.3. The normalized spacial score (nSPS) is 16.4. The van der Waals surface area contributed by atoms with Gasteiger partial charge < -0.3 is 15.1 Å². The number of amides is 1. The molecule has 0 spiro atoms. The van der Waals surface area contributed by atoms with Crippen LogP contribution < -0.4 is 11.3 Å². The molecule has 2 rings (SSSR count). The molecule has 1 fully saturated rings. The molecule has 0 atom stereocenters. The van der Waals surface area contributed by atoms with E-state index < -0.39 is 0 Å². The van der Waals surface area contributed by atoms with Crippen LogP contribution in [0.4, 0.5) is 5.82 Å². The lowest BCUT2D eigenvalue weighted by Gasteiger charge is -2.31. The number of nitrogens with two attached hydrogens (primary N) is 1. The van der Waals surface area contributed by atoms with Crippen molar-refractivity contribution in [3.8, 4) is 0 Å². The summed E-state index contributed by atoms with van der Waals surface area (Å²) in [4.78, 5) is 18.2. The second-order valence-electron chi connectivity index (χ2n) is 4.52. The smallest absolute Gasteiger partial charge is 0.255 e. The van der Waals surface area contributed by atoms with Crippen LogP contribution in [0.5, 0.6) is 0 Å². The molecule has 3 N–H and O–H groups in total. The minimum Gasteiger partial charge on any atom is -0.378 e. The molecule has 1 saturated heterocycles. The first-order valence-corrected chi connectivity index (χ1v) is 6.58. The van der Waals surface area contributed by atoms with E-state index in [0.717, 1.165) is 32.5 Å². The first-order chi connectivity index (χ1) is 9.24. The van der Waals surface area contributed by atoms with Crippen molar-refractivity contribution in [2.24, 2.45) is 5.84 Å². The molecule has 0 saturated carbocycles. The van der Waals surface area contributed by atoms with Crippen LogP contribution >= 0.6 is 0 Å². The summed E-state index contributed by atoms with van der Waals surface area (Å²) in [6, 6.07) is 3.43. The highest BCUT2D eigenvalue weighted by atomic mass is 16.5. The minimum absolute atomic E-state index is 0.0195. The van der Waals surface area contributed by atoms with Gasteiger partial charge in [-0.3, -0.25) is 4.79 Å². The van der Waals surface area contributed by atoms with Crippen molar-refractivity contribution < 1.29 is 9.53 Å². The number of nitrogens with zero attached hydrogens (tertiary/aromatic N) is 2. The largest absolute Gasteiger partial charge is 0.378 e. The van der Waals surface area contributed by atoms with Crippen LogP contribution in [-0.4, -0.2) is 41.6 Å². The molecule has 104 valence electrons. The Morgan fingerprint density at radius 1 is 1.53 bits per heavy atom. The number of hydrazine groups is 1. The molecule has 0 radical (unpaired) electrons. The van der Waals surface area contributed by atoms with Crippen LogP contribution in [0.2, 0.25) is 0 Å². The number of carbonyl (C=O) groups excluding carboxylic acids is 1. The second kappa shape index (κ2) is 6.49. The Bertz CT molecular complexity index is 413. The Balaban J connectivity index is 1.93.